The molecule has 1 fully saturated rings. The highest BCUT2D eigenvalue weighted by Crippen LogP contribution is 2.27. The Hall–Kier alpha value is -2.23. The third-order valence-corrected chi connectivity index (χ3v) is 4.22. The molecule has 0 spiro atoms. The van der Waals surface area contributed by atoms with Crippen LogP contribution in [0.25, 0.3) is 5.78 Å². The van der Waals surface area contributed by atoms with Gasteiger partial charge in [-0.2, -0.15) is 18.2 Å². The van der Waals surface area contributed by atoms with Gasteiger partial charge >= 0.3 is 6.18 Å². The Bertz CT molecular complexity index is 818. The molecule has 10 heteroatoms. The number of nitrogens with zero attached hydrogens (tertiary/aromatic N) is 5. The zero-order valence-corrected chi connectivity index (χ0v) is 14.1. The lowest BCUT2D eigenvalue weighted by Gasteiger charge is -2.31. The highest BCUT2D eigenvalue weighted by Gasteiger charge is 2.37. The SMILES string of the molecule is Cc1nc2nc(C(F)(F)F)nn2c(C)c1CC(=O)N1CCOC(C)C1. The number of carbonyl (C=O) groups is 1. The van der Waals surface area contributed by atoms with Crippen LogP contribution >= 0.6 is 0 Å². The molecular formula is C15H18F3N5O2. The number of alkyl halides is 3. The molecule has 1 aliphatic rings. The minimum atomic E-state index is -4.64. The Balaban J connectivity index is 1.92. The second kappa shape index (κ2) is 6.25. The van der Waals surface area contributed by atoms with E-state index in [9.17, 15) is 18.0 Å². The lowest BCUT2D eigenvalue weighted by Crippen LogP contribution is -2.45. The third-order valence-electron chi connectivity index (χ3n) is 4.22. The van der Waals surface area contributed by atoms with Gasteiger partial charge in [-0.3, -0.25) is 4.79 Å². The Labute approximate surface area is 141 Å². The van der Waals surface area contributed by atoms with Crippen LogP contribution in [-0.2, 0) is 22.1 Å². The van der Waals surface area contributed by atoms with Gasteiger partial charge in [0.1, 0.15) is 0 Å². The van der Waals surface area contributed by atoms with Crippen LogP contribution in [-0.4, -0.2) is 56.2 Å². The van der Waals surface area contributed by atoms with E-state index in [0.29, 0.717) is 36.6 Å². The Morgan fingerprint density at radius 3 is 2.68 bits per heavy atom. The lowest BCUT2D eigenvalue weighted by molar-refractivity contribution is -0.144. The number of hydrogen-bond donors (Lipinski definition) is 0. The molecule has 1 amide bonds. The molecule has 2 aromatic heterocycles. The van der Waals surface area contributed by atoms with Gasteiger partial charge in [-0.15, -0.1) is 5.10 Å². The van der Waals surface area contributed by atoms with E-state index in [2.05, 4.69) is 15.1 Å². The van der Waals surface area contributed by atoms with Crippen LogP contribution < -0.4 is 0 Å². The van der Waals surface area contributed by atoms with E-state index >= 15 is 0 Å². The average Bonchev–Trinajstić information content (AvgIpc) is 2.95. The molecule has 3 heterocycles. The predicted octanol–water partition coefficient (Wildman–Crippen LogP) is 1.55. The number of aromatic nitrogens is 4. The zero-order valence-electron chi connectivity index (χ0n) is 14.1. The van der Waals surface area contributed by atoms with Crippen LogP contribution in [0.1, 0.15) is 29.7 Å². The minimum Gasteiger partial charge on any atom is -0.375 e. The van der Waals surface area contributed by atoms with Crippen molar-refractivity contribution in [1.29, 1.82) is 0 Å². The fourth-order valence-corrected chi connectivity index (χ4v) is 2.89. The molecule has 3 rings (SSSR count). The van der Waals surface area contributed by atoms with Crippen molar-refractivity contribution in [2.45, 2.75) is 39.5 Å². The smallest absolute Gasteiger partial charge is 0.375 e. The topological polar surface area (TPSA) is 72.6 Å². The fraction of sp³-hybridized carbons (Fsp3) is 0.600. The van der Waals surface area contributed by atoms with Crippen molar-refractivity contribution in [3.63, 3.8) is 0 Å². The summed E-state index contributed by atoms with van der Waals surface area (Å²) in [5.41, 5.74) is 1.47. The number of rotatable bonds is 2. The molecule has 0 aromatic carbocycles. The van der Waals surface area contributed by atoms with Crippen molar-refractivity contribution in [2.75, 3.05) is 19.7 Å². The van der Waals surface area contributed by atoms with Crippen LogP contribution in [0, 0.1) is 13.8 Å². The lowest BCUT2D eigenvalue weighted by atomic mass is 10.1. The maximum Gasteiger partial charge on any atom is 0.453 e. The molecule has 0 radical (unpaired) electrons. The number of fused-ring (bicyclic) bond motifs is 1. The van der Waals surface area contributed by atoms with Crippen LogP contribution in [0.4, 0.5) is 13.2 Å². The average molecular weight is 357 g/mol. The maximum absolute atomic E-state index is 12.8. The van der Waals surface area contributed by atoms with Crippen molar-refractivity contribution in [3.05, 3.63) is 22.8 Å². The van der Waals surface area contributed by atoms with E-state index in [1.165, 1.54) is 0 Å². The van der Waals surface area contributed by atoms with Crippen molar-refractivity contribution >= 4 is 11.7 Å². The van der Waals surface area contributed by atoms with Crippen LogP contribution in [0.5, 0.6) is 0 Å². The molecule has 0 bridgehead atoms. The first-order valence-electron chi connectivity index (χ1n) is 7.86. The molecular weight excluding hydrogens is 339 g/mol. The Kier molecular flexibility index (Phi) is 4.40. The molecule has 2 aromatic rings. The van der Waals surface area contributed by atoms with Gasteiger partial charge in [-0.05, 0) is 20.8 Å². The van der Waals surface area contributed by atoms with E-state index in [0.717, 1.165) is 4.52 Å². The molecule has 1 aliphatic heterocycles. The monoisotopic (exact) mass is 357 g/mol. The Morgan fingerprint density at radius 1 is 1.32 bits per heavy atom. The van der Waals surface area contributed by atoms with Crippen molar-refractivity contribution in [2.24, 2.45) is 0 Å². The molecule has 0 aliphatic carbocycles. The standard InChI is InChI=1S/C15H18F3N5O2/c1-8-7-22(4-5-25-8)12(24)6-11-9(2)19-14-20-13(15(16,17)18)21-23(14)10(11)3/h8H,4-7H2,1-3H3. The minimum absolute atomic E-state index is 0.0369. The van der Waals surface area contributed by atoms with E-state index in [1.54, 1.807) is 18.7 Å². The number of hydrogen-bond acceptors (Lipinski definition) is 5. The first kappa shape index (κ1) is 17.6. The number of ether oxygens (including phenoxy) is 1. The third kappa shape index (κ3) is 3.44. The summed E-state index contributed by atoms with van der Waals surface area (Å²) in [6, 6.07) is 0. The molecule has 1 saturated heterocycles. The summed E-state index contributed by atoms with van der Waals surface area (Å²) < 4.78 is 44.9. The highest BCUT2D eigenvalue weighted by molar-refractivity contribution is 5.79. The first-order valence-corrected chi connectivity index (χ1v) is 7.86. The van der Waals surface area contributed by atoms with Gasteiger partial charge in [-0.1, -0.05) is 0 Å². The van der Waals surface area contributed by atoms with Crippen LogP contribution in [0.2, 0.25) is 0 Å². The van der Waals surface area contributed by atoms with E-state index in [-0.39, 0.29) is 24.2 Å². The maximum atomic E-state index is 12.8. The van der Waals surface area contributed by atoms with Gasteiger partial charge in [0.25, 0.3) is 11.6 Å². The summed E-state index contributed by atoms with van der Waals surface area (Å²) >= 11 is 0. The summed E-state index contributed by atoms with van der Waals surface area (Å²) in [4.78, 5) is 21.7. The summed E-state index contributed by atoms with van der Waals surface area (Å²) in [6.07, 6.45) is -4.63. The Morgan fingerprint density at radius 2 is 2.04 bits per heavy atom. The normalized spacial score (nSPS) is 18.8. The summed E-state index contributed by atoms with van der Waals surface area (Å²) in [5, 5.41) is 3.49. The van der Waals surface area contributed by atoms with Gasteiger partial charge in [0.05, 0.1) is 19.1 Å². The van der Waals surface area contributed by atoms with Gasteiger partial charge in [0.15, 0.2) is 0 Å². The molecule has 25 heavy (non-hydrogen) atoms. The fourth-order valence-electron chi connectivity index (χ4n) is 2.89. The second-order valence-corrected chi connectivity index (χ2v) is 6.10. The molecule has 0 saturated carbocycles. The quantitative estimate of drug-likeness (QED) is 0.815. The van der Waals surface area contributed by atoms with Crippen LogP contribution in [0.3, 0.4) is 0 Å². The van der Waals surface area contributed by atoms with Crippen LogP contribution in [0.15, 0.2) is 0 Å². The predicted molar refractivity (Wildman–Crippen MR) is 81.0 cm³/mol. The molecule has 7 nitrogen and oxygen atoms in total. The summed E-state index contributed by atoms with van der Waals surface area (Å²) in [5.74, 6) is -1.48. The number of morpholine rings is 1. The van der Waals surface area contributed by atoms with Crippen molar-refractivity contribution < 1.29 is 22.7 Å². The number of aryl methyl sites for hydroxylation is 2. The van der Waals surface area contributed by atoms with Crippen molar-refractivity contribution in [1.82, 2.24) is 24.5 Å². The molecule has 136 valence electrons. The number of halogens is 3. The number of carbonyl (C=O) groups excluding carboxylic acids is 1. The van der Waals surface area contributed by atoms with Gasteiger partial charge in [-0.25, -0.2) is 9.50 Å². The molecule has 1 unspecified atom stereocenters. The van der Waals surface area contributed by atoms with Gasteiger partial charge in [0, 0.05) is 30.0 Å². The van der Waals surface area contributed by atoms with E-state index in [1.807, 2.05) is 6.92 Å². The van der Waals surface area contributed by atoms with Gasteiger partial charge in [0.2, 0.25) is 5.91 Å². The van der Waals surface area contributed by atoms with E-state index < -0.39 is 12.0 Å². The summed E-state index contributed by atoms with van der Waals surface area (Å²) in [6.45, 7) is 6.62. The highest BCUT2D eigenvalue weighted by atomic mass is 19.4. The number of amides is 1. The molecule has 1 atom stereocenters. The van der Waals surface area contributed by atoms with E-state index in [4.69, 9.17) is 4.74 Å². The zero-order chi connectivity index (χ0) is 18.4. The van der Waals surface area contributed by atoms with Gasteiger partial charge < -0.3 is 9.64 Å². The largest absolute Gasteiger partial charge is 0.453 e. The van der Waals surface area contributed by atoms with Crippen molar-refractivity contribution in [3.8, 4) is 0 Å². The summed E-state index contributed by atoms with van der Waals surface area (Å²) in [7, 11) is 0. The molecule has 0 N–H and O–H groups in total. The second-order valence-electron chi connectivity index (χ2n) is 6.10. The first-order chi connectivity index (χ1) is 11.7.